The van der Waals surface area contributed by atoms with Crippen LogP contribution in [0.5, 0.6) is 0 Å². The predicted molar refractivity (Wildman–Crippen MR) is 85.2 cm³/mol. The molecule has 2 heteroatoms. The lowest BCUT2D eigenvalue weighted by Crippen LogP contribution is -2.41. The zero-order valence-electron chi connectivity index (χ0n) is 13.7. The maximum absolute atomic E-state index is 12.9. The summed E-state index contributed by atoms with van der Waals surface area (Å²) in [7, 11) is 0. The van der Waals surface area contributed by atoms with Gasteiger partial charge in [0.05, 0.1) is 5.60 Å². The first-order valence-corrected chi connectivity index (χ1v) is 9.40. The second-order valence-electron chi connectivity index (χ2n) is 7.84. The molecule has 0 radical (unpaired) electrons. The van der Waals surface area contributed by atoms with Crippen molar-refractivity contribution in [3.05, 3.63) is 0 Å². The molecule has 120 valence electrons. The van der Waals surface area contributed by atoms with Crippen molar-refractivity contribution < 1.29 is 9.53 Å². The summed E-state index contributed by atoms with van der Waals surface area (Å²) in [6.07, 6.45) is 14.5. The van der Waals surface area contributed by atoms with Crippen LogP contribution in [0, 0.1) is 17.8 Å². The monoisotopic (exact) mass is 292 g/mol. The van der Waals surface area contributed by atoms with E-state index in [0.29, 0.717) is 17.6 Å². The molecular weight excluding hydrogens is 260 g/mol. The Balaban J connectivity index is 1.53. The van der Waals surface area contributed by atoms with Gasteiger partial charge < -0.3 is 4.74 Å². The van der Waals surface area contributed by atoms with Crippen molar-refractivity contribution in [3.63, 3.8) is 0 Å². The topological polar surface area (TPSA) is 26.3 Å². The van der Waals surface area contributed by atoms with Crippen LogP contribution >= 0.6 is 0 Å². The number of rotatable bonds is 4. The minimum Gasteiger partial charge on any atom is -0.375 e. The molecule has 1 unspecified atom stereocenters. The Hall–Kier alpha value is -0.370. The molecule has 1 saturated heterocycles. The summed E-state index contributed by atoms with van der Waals surface area (Å²) in [6, 6.07) is 0. The van der Waals surface area contributed by atoms with Crippen molar-refractivity contribution in [2.24, 2.45) is 17.8 Å². The van der Waals surface area contributed by atoms with Crippen LogP contribution in [0.2, 0.25) is 0 Å². The van der Waals surface area contributed by atoms with E-state index >= 15 is 0 Å². The molecule has 3 aliphatic rings. The molecule has 0 aromatic heterocycles. The minimum atomic E-state index is 0.0952. The van der Waals surface area contributed by atoms with Crippen molar-refractivity contribution in [1.29, 1.82) is 0 Å². The van der Waals surface area contributed by atoms with E-state index in [1.807, 2.05) is 0 Å². The predicted octanol–water partition coefficient (Wildman–Crippen LogP) is 4.90. The molecule has 0 aromatic rings. The summed E-state index contributed by atoms with van der Waals surface area (Å²) in [5, 5.41) is 0. The number of Topliss-reactive ketones (excluding diaryl/α,β-unsaturated/α-hetero) is 1. The van der Waals surface area contributed by atoms with Crippen molar-refractivity contribution in [2.45, 2.75) is 89.6 Å². The highest BCUT2D eigenvalue weighted by Gasteiger charge is 2.43. The minimum absolute atomic E-state index is 0.0952. The van der Waals surface area contributed by atoms with Crippen LogP contribution in [0.4, 0.5) is 0 Å². The fourth-order valence-electron chi connectivity index (χ4n) is 5.12. The van der Waals surface area contributed by atoms with Crippen LogP contribution in [0.15, 0.2) is 0 Å². The van der Waals surface area contributed by atoms with Crippen LogP contribution in [-0.4, -0.2) is 18.0 Å². The Morgan fingerprint density at radius 3 is 2.43 bits per heavy atom. The molecule has 3 fully saturated rings. The smallest absolute Gasteiger partial charge is 0.139 e. The summed E-state index contributed by atoms with van der Waals surface area (Å²) >= 11 is 0. The Morgan fingerprint density at radius 1 is 1.05 bits per heavy atom. The van der Waals surface area contributed by atoms with Crippen molar-refractivity contribution in [1.82, 2.24) is 0 Å². The average Bonchev–Trinajstić information content (AvgIpc) is 2.95. The number of hydrogen-bond donors (Lipinski definition) is 0. The molecule has 1 spiro atoms. The van der Waals surface area contributed by atoms with Crippen LogP contribution < -0.4 is 0 Å². The average molecular weight is 292 g/mol. The van der Waals surface area contributed by atoms with Gasteiger partial charge in [0.25, 0.3) is 0 Å². The number of hydrogen-bond acceptors (Lipinski definition) is 2. The van der Waals surface area contributed by atoms with Gasteiger partial charge in [-0.15, -0.1) is 0 Å². The first-order chi connectivity index (χ1) is 10.2. The molecular formula is C19H32O2. The van der Waals surface area contributed by atoms with E-state index in [1.54, 1.807) is 0 Å². The Kier molecular flexibility index (Phi) is 5.03. The van der Waals surface area contributed by atoms with E-state index in [9.17, 15) is 4.79 Å². The second kappa shape index (κ2) is 6.81. The van der Waals surface area contributed by atoms with E-state index < -0.39 is 0 Å². The molecule has 0 bridgehead atoms. The molecule has 0 amide bonds. The lowest BCUT2D eigenvalue weighted by molar-refractivity contribution is -0.141. The van der Waals surface area contributed by atoms with Crippen molar-refractivity contribution >= 4 is 5.78 Å². The molecule has 21 heavy (non-hydrogen) atoms. The van der Waals surface area contributed by atoms with Gasteiger partial charge in [-0.2, -0.15) is 0 Å². The van der Waals surface area contributed by atoms with Crippen molar-refractivity contribution in [2.75, 3.05) is 6.61 Å². The van der Waals surface area contributed by atoms with Gasteiger partial charge in [0, 0.05) is 18.4 Å². The molecule has 2 nitrogen and oxygen atoms in total. The lowest BCUT2D eigenvalue weighted by Gasteiger charge is -2.39. The van der Waals surface area contributed by atoms with Crippen molar-refractivity contribution in [3.8, 4) is 0 Å². The highest BCUT2D eigenvalue weighted by molar-refractivity contribution is 5.83. The van der Waals surface area contributed by atoms with Gasteiger partial charge >= 0.3 is 0 Å². The summed E-state index contributed by atoms with van der Waals surface area (Å²) in [4.78, 5) is 12.9. The first-order valence-electron chi connectivity index (χ1n) is 9.40. The molecule has 1 heterocycles. The Morgan fingerprint density at radius 2 is 1.76 bits per heavy atom. The van der Waals surface area contributed by atoms with E-state index in [1.165, 1.54) is 51.4 Å². The molecule has 1 atom stereocenters. The zero-order chi connectivity index (χ0) is 14.7. The largest absolute Gasteiger partial charge is 0.375 e. The highest BCUT2D eigenvalue weighted by Crippen LogP contribution is 2.44. The normalized spacial score (nSPS) is 36.0. The third-order valence-electron chi connectivity index (χ3n) is 6.36. The number of carbonyl (C=O) groups excluding carboxylic acids is 1. The summed E-state index contributed by atoms with van der Waals surface area (Å²) < 4.78 is 6.09. The number of ether oxygens (including phenoxy) is 1. The Bertz CT molecular complexity index is 349. The van der Waals surface area contributed by atoms with Gasteiger partial charge in [-0.25, -0.2) is 0 Å². The fraction of sp³-hybridized carbons (Fsp3) is 0.947. The van der Waals surface area contributed by atoms with Crippen LogP contribution in [0.25, 0.3) is 0 Å². The lowest BCUT2D eigenvalue weighted by atomic mass is 9.72. The third kappa shape index (κ3) is 3.52. The maximum Gasteiger partial charge on any atom is 0.139 e. The quantitative estimate of drug-likeness (QED) is 0.736. The third-order valence-corrected chi connectivity index (χ3v) is 6.36. The fourth-order valence-corrected chi connectivity index (χ4v) is 5.12. The zero-order valence-corrected chi connectivity index (χ0v) is 13.7. The number of ketones is 1. The molecule has 3 rings (SSSR count). The van der Waals surface area contributed by atoms with E-state index in [4.69, 9.17) is 4.74 Å². The van der Waals surface area contributed by atoms with E-state index in [2.05, 4.69) is 6.92 Å². The van der Waals surface area contributed by atoms with Gasteiger partial charge in [-0.05, 0) is 57.3 Å². The SMILES string of the molecule is CCCC1CCC(C(=O)C2CCOC3(CCCC3)C2)CC1. The van der Waals surface area contributed by atoms with Crippen LogP contribution in [0.1, 0.15) is 84.0 Å². The molecule has 1 aliphatic heterocycles. The number of carbonyl (C=O) groups is 1. The maximum atomic E-state index is 12.9. The summed E-state index contributed by atoms with van der Waals surface area (Å²) in [6.45, 7) is 3.10. The van der Waals surface area contributed by atoms with Gasteiger partial charge in [-0.1, -0.05) is 32.6 Å². The van der Waals surface area contributed by atoms with Gasteiger partial charge in [0.1, 0.15) is 5.78 Å². The summed E-state index contributed by atoms with van der Waals surface area (Å²) in [5.74, 6) is 2.18. The van der Waals surface area contributed by atoms with Gasteiger partial charge in [0.2, 0.25) is 0 Å². The van der Waals surface area contributed by atoms with Crippen LogP contribution in [0.3, 0.4) is 0 Å². The molecule has 2 aliphatic carbocycles. The van der Waals surface area contributed by atoms with E-state index in [-0.39, 0.29) is 5.60 Å². The molecule has 0 aromatic carbocycles. The molecule has 2 saturated carbocycles. The Labute approximate surface area is 130 Å². The first kappa shape index (κ1) is 15.5. The summed E-state index contributed by atoms with van der Waals surface area (Å²) in [5.41, 5.74) is 0.0952. The van der Waals surface area contributed by atoms with Crippen LogP contribution in [-0.2, 0) is 9.53 Å². The van der Waals surface area contributed by atoms with E-state index in [0.717, 1.165) is 38.2 Å². The highest BCUT2D eigenvalue weighted by atomic mass is 16.5. The van der Waals surface area contributed by atoms with Gasteiger partial charge in [-0.3, -0.25) is 4.79 Å². The van der Waals surface area contributed by atoms with Gasteiger partial charge in [0.15, 0.2) is 0 Å². The molecule has 0 N–H and O–H groups in total. The second-order valence-corrected chi connectivity index (χ2v) is 7.84. The standard InChI is InChI=1S/C19H32O2/c1-2-5-15-6-8-16(9-7-15)18(20)17-10-13-21-19(14-17)11-3-4-12-19/h15-17H,2-14H2,1H3.